The predicted molar refractivity (Wildman–Crippen MR) is 121 cm³/mol. The van der Waals surface area contributed by atoms with Gasteiger partial charge in [-0.1, -0.05) is 66.7 Å². The van der Waals surface area contributed by atoms with Crippen molar-refractivity contribution in [3.05, 3.63) is 112 Å². The number of carbonyl (C=O) groups excluding carboxylic acids is 2. The molecule has 3 aromatic carbocycles. The van der Waals surface area contributed by atoms with E-state index in [-0.39, 0.29) is 11.3 Å². The van der Waals surface area contributed by atoms with E-state index in [1.54, 1.807) is 54.6 Å². The van der Waals surface area contributed by atoms with Gasteiger partial charge in [0.25, 0.3) is 17.4 Å². The Balaban J connectivity index is 1.68. The van der Waals surface area contributed by atoms with Crippen LogP contribution in [0.2, 0.25) is 0 Å². The van der Waals surface area contributed by atoms with E-state index >= 15 is 0 Å². The number of carbonyl (C=O) groups is 2. The number of hydrogen-bond acceptors (Lipinski definition) is 5. The van der Waals surface area contributed by atoms with Crippen LogP contribution in [-0.4, -0.2) is 28.2 Å². The topological polar surface area (TPSA) is 116 Å². The Morgan fingerprint density at radius 2 is 1.50 bits per heavy atom. The molecule has 0 saturated carbocycles. The van der Waals surface area contributed by atoms with Crippen LogP contribution in [0.4, 0.5) is 0 Å². The first-order valence-corrected chi connectivity index (χ1v) is 9.84. The minimum absolute atomic E-state index is 0.205. The first kappa shape index (κ1) is 20.7. The maximum absolute atomic E-state index is 13.1. The Kier molecular flexibility index (Phi) is 6.12. The number of rotatable bonds is 6. The molecule has 32 heavy (non-hydrogen) atoms. The van der Waals surface area contributed by atoms with Crippen molar-refractivity contribution in [3.8, 4) is 0 Å². The lowest BCUT2D eigenvalue weighted by Crippen LogP contribution is -2.40. The summed E-state index contributed by atoms with van der Waals surface area (Å²) in [6.07, 6.45) is 1.49. The molecule has 158 valence electrons. The molecule has 0 aliphatic heterocycles. The molecule has 1 atom stereocenters. The molecule has 8 heteroatoms. The van der Waals surface area contributed by atoms with Crippen LogP contribution in [0.15, 0.2) is 94.8 Å². The zero-order valence-electron chi connectivity index (χ0n) is 16.9. The van der Waals surface area contributed by atoms with E-state index in [9.17, 15) is 14.4 Å². The summed E-state index contributed by atoms with van der Waals surface area (Å²) in [6.45, 7) is 0. The molecule has 4 rings (SSSR count). The van der Waals surface area contributed by atoms with E-state index in [2.05, 4.69) is 26.0 Å². The monoisotopic (exact) mass is 425 g/mol. The summed E-state index contributed by atoms with van der Waals surface area (Å²) in [5.41, 5.74) is 3.44. The molecule has 0 radical (unpaired) electrons. The first-order valence-electron chi connectivity index (χ1n) is 9.84. The van der Waals surface area contributed by atoms with Gasteiger partial charge in [-0.3, -0.25) is 14.4 Å². The molecule has 0 bridgehead atoms. The lowest BCUT2D eigenvalue weighted by atomic mass is 10.0. The van der Waals surface area contributed by atoms with E-state index in [1.807, 2.05) is 30.3 Å². The normalized spacial score (nSPS) is 11.9. The van der Waals surface area contributed by atoms with Gasteiger partial charge in [0, 0.05) is 10.9 Å². The molecule has 3 N–H and O–H groups in total. The standard InChI is InChI=1S/C24H19N5O3/c30-22(17-11-5-2-6-12-17)26-21(24(32)28-25-15-16-9-3-1-4-10-16)20-18-13-7-8-14-19(18)23(31)29-27-20/h1-15,21H,(H,26,30)(H,28,32)(H,29,31)/t21-/m0/s1. The molecule has 0 aliphatic carbocycles. The third-order valence-electron chi connectivity index (χ3n) is 4.76. The summed E-state index contributed by atoms with van der Waals surface area (Å²) in [5.74, 6) is -1.07. The highest BCUT2D eigenvalue weighted by Gasteiger charge is 2.27. The van der Waals surface area contributed by atoms with Gasteiger partial charge in [0.2, 0.25) is 0 Å². The van der Waals surface area contributed by atoms with Crippen molar-refractivity contribution in [2.45, 2.75) is 6.04 Å². The van der Waals surface area contributed by atoms with Crippen LogP contribution >= 0.6 is 0 Å². The number of benzene rings is 3. The molecular formula is C24H19N5O3. The number of nitrogens with zero attached hydrogens (tertiary/aromatic N) is 2. The van der Waals surface area contributed by atoms with E-state index in [0.29, 0.717) is 16.3 Å². The Labute approximate surface area is 183 Å². The van der Waals surface area contributed by atoms with Crippen molar-refractivity contribution < 1.29 is 9.59 Å². The molecule has 0 saturated heterocycles. The van der Waals surface area contributed by atoms with Crippen LogP contribution in [0.25, 0.3) is 10.8 Å². The van der Waals surface area contributed by atoms with Gasteiger partial charge in [0.1, 0.15) is 5.69 Å². The van der Waals surface area contributed by atoms with Gasteiger partial charge in [0.15, 0.2) is 6.04 Å². The lowest BCUT2D eigenvalue weighted by Gasteiger charge is -2.18. The minimum Gasteiger partial charge on any atom is -0.335 e. The molecule has 8 nitrogen and oxygen atoms in total. The van der Waals surface area contributed by atoms with Gasteiger partial charge in [-0.05, 0) is 23.8 Å². The van der Waals surface area contributed by atoms with Gasteiger partial charge < -0.3 is 5.32 Å². The average molecular weight is 425 g/mol. The van der Waals surface area contributed by atoms with Crippen molar-refractivity contribution in [3.63, 3.8) is 0 Å². The van der Waals surface area contributed by atoms with Crippen molar-refractivity contribution in [2.24, 2.45) is 5.10 Å². The summed E-state index contributed by atoms with van der Waals surface area (Å²) >= 11 is 0. The van der Waals surface area contributed by atoms with Crippen LogP contribution in [0.1, 0.15) is 27.7 Å². The Bertz CT molecular complexity index is 1330. The highest BCUT2D eigenvalue weighted by molar-refractivity contribution is 5.99. The number of aromatic nitrogens is 2. The second kappa shape index (κ2) is 9.48. The van der Waals surface area contributed by atoms with E-state index in [1.165, 1.54) is 6.21 Å². The molecule has 0 unspecified atom stereocenters. The fraction of sp³-hybridized carbons (Fsp3) is 0.0417. The fourth-order valence-corrected chi connectivity index (χ4v) is 3.19. The molecule has 1 aromatic heterocycles. The van der Waals surface area contributed by atoms with Crippen LogP contribution in [0.3, 0.4) is 0 Å². The Morgan fingerprint density at radius 1 is 0.875 bits per heavy atom. The number of fused-ring (bicyclic) bond motifs is 1. The summed E-state index contributed by atoms with van der Waals surface area (Å²) in [7, 11) is 0. The largest absolute Gasteiger partial charge is 0.335 e. The van der Waals surface area contributed by atoms with E-state index in [0.717, 1.165) is 5.56 Å². The second-order valence-corrected chi connectivity index (χ2v) is 6.90. The molecule has 0 fully saturated rings. The molecule has 0 spiro atoms. The smallest absolute Gasteiger partial charge is 0.272 e. The van der Waals surface area contributed by atoms with Crippen molar-refractivity contribution >= 4 is 28.8 Å². The van der Waals surface area contributed by atoms with Crippen LogP contribution in [0.5, 0.6) is 0 Å². The first-order chi connectivity index (χ1) is 15.6. The summed E-state index contributed by atoms with van der Waals surface area (Å²) in [4.78, 5) is 38.0. The quantitative estimate of drug-likeness (QED) is 0.325. The number of hydrogen-bond donors (Lipinski definition) is 3. The van der Waals surface area contributed by atoms with Gasteiger partial charge in [0.05, 0.1) is 11.6 Å². The zero-order chi connectivity index (χ0) is 22.3. The van der Waals surface area contributed by atoms with E-state index < -0.39 is 17.9 Å². The summed E-state index contributed by atoms with van der Waals surface area (Å²) in [6, 6.07) is 23.3. The van der Waals surface area contributed by atoms with E-state index in [4.69, 9.17) is 0 Å². The van der Waals surface area contributed by atoms with Crippen LogP contribution < -0.4 is 16.3 Å². The number of hydrazone groups is 1. The third kappa shape index (κ3) is 4.59. The molecular weight excluding hydrogens is 406 g/mol. The molecule has 1 heterocycles. The maximum Gasteiger partial charge on any atom is 0.272 e. The third-order valence-corrected chi connectivity index (χ3v) is 4.76. The second-order valence-electron chi connectivity index (χ2n) is 6.90. The van der Waals surface area contributed by atoms with Crippen molar-refractivity contribution in [1.82, 2.24) is 20.9 Å². The fourth-order valence-electron chi connectivity index (χ4n) is 3.19. The number of nitrogens with one attached hydrogen (secondary N) is 3. The number of H-pyrrole nitrogens is 1. The van der Waals surface area contributed by atoms with Gasteiger partial charge in [-0.25, -0.2) is 10.5 Å². The van der Waals surface area contributed by atoms with Gasteiger partial charge in [-0.2, -0.15) is 10.2 Å². The highest BCUT2D eigenvalue weighted by Crippen LogP contribution is 2.20. The SMILES string of the molecule is O=C(N[C@H](C(=O)NN=Cc1ccccc1)c1n[nH]c(=O)c2ccccc12)c1ccccc1. The maximum atomic E-state index is 13.1. The number of aromatic amines is 1. The lowest BCUT2D eigenvalue weighted by molar-refractivity contribution is -0.123. The number of amides is 2. The summed E-state index contributed by atoms with van der Waals surface area (Å²) in [5, 5.41) is 14.0. The van der Waals surface area contributed by atoms with Crippen LogP contribution in [0, 0.1) is 0 Å². The highest BCUT2D eigenvalue weighted by atomic mass is 16.2. The predicted octanol–water partition coefficient (Wildman–Crippen LogP) is 2.54. The molecule has 2 amide bonds. The van der Waals surface area contributed by atoms with Gasteiger partial charge >= 0.3 is 0 Å². The molecule has 0 aliphatic rings. The van der Waals surface area contributed by atoms with Crippen molar-refractivity contribution in [2.75, 3.05) is 0 Å². The Morgan fingerprint density at radius 3 is 2.22 bits per heavy atom. The minimum atomic E-state index is -1.20. The summed E-state index contributed by atoms with van der Waals surface area (Å²) < 4.78 is 0. The van der Waals surface area contributed by atoms with Crippen molar-refractivity contribution in [1.29, 1.82) is 0 Å². The average Bonchev–Trinajstić information content (AvgIpc) is 2.84. The molecule has 4 aromatic rings. The van der Waals surface area contributed by atoms with Gasteiger partial charge in [-0.15, -0.1) is 0 Å². The van der Waals surface area contributed by atoms with Crippen LogP contribution in [-0.2, 0) is 4.79 Å². The Hall–Kier alpha value is -4.59. The zero-order valence-corrected chi connectivity index (χ0v) is 16.9.